The summed E-state index contributed by atoms with van der Waals surface area (Å²) in [6.45, 7) is 2.33. The van der Waals surface area contributed by atoms with E-state index in [1.165, 1.54) is 30.6 Å². The van der Waals surface area contributed by atoms with E-state index in [9.17, 15) is 4.79 Å². The molecule has 1 aliphatic carbocycles. The lowest BCUT2D eigenvalue weighted by Crippen LogP contribution is -2.43. The van der Waals surface area contributed by atoms with Gasteiger partial charge in [-0.15, -0.1) is 11.3 Å². The number of hydrogen-bond donors (Lipinski definition) is 2. The number of nitrogens with two attached hydrogens (primary N) is 1. The Morgan fingerprint density at radius 3 is 3.00 bits per heavy atom. The van der Waals surface area contributed by atoms with Crippen LogP contribution in [-0.2, 0) is 0 Å². The fourth-order valence-corrected chi connectivity index (χ4v) is 4.52. The molecule has 0 bridgehead atoms. The maximum Gasteiger partial charge on any atom is 0.261 e. The monoisotopic (exact) mass is 322 g/mol. The van der Waals surface area contributed by atoms with E-state index in [1.54, 1.807) is 0 Å². The second kappa shape index (κ2) is 7.88. The number of thioether (sulfide) groups is 1. The average molecular weight is 322 g/mol. The first kappa shape index (κ1) is 16.4. The third-order valence-corrected chi connectivity index (χ3v) is 6.09. The van der Waals surface area contributed by atoms with Crippen LogP contribution in [0.2, 0.25) is 0 Å². The summed E-state index contributed by atoms with van der Waals surface area (Å²) in [5.41, 5.74) is 6.45. The molecule has 0 saturated heterocycles. The Kier molecular flexibility index (Phi) is 6.16. The van der Waals surface area contributed by atoms with E-state index in [0.29, 0.717) is 17.8 Å². The number of rotatable bonds is 3. The van der Waals surface area contributed by atoms with Crippen molar-refractivity contribution in [2.75, 3.05) is 12.8 Å². The lowest BCUT2D eigenvalue weighted by Gasteiger charge is -2.30. The normalized spacial score (nSPS) is 21.5. The van der Waals surface area contributed by atoms with Gasteiger partial charge in [0.25, 0.3) is 5.91 Å². The molecule has 0 radical (unpaired) electrons. The van der Waals surface area contributed by atoms with Crippen molar-refractivity contribution in [3.63, 3.8) is 0 Å². The van der Waals surface area contributed by atoms with Crippen molar-refractivity contribution in [2.24, 2.45) is 5.73 Å². The maximum atomic E-state index is 12.4. The minimum Gasteiger partial charge on any atom is -0.347 e. The Bertz CT molecular complexity index is 556. The van der Waals surface area contributed by atoms with Crippen molar-refractivity contribution >= 4 is 29.0 Å². The smallest absolute Gasteiger partial charge is 0.261 e. The minimum absolute atomic E-state index is 0.0369. The molecule has 2 atom stereocenters. The minimum atomic E-state index is 0.0369. The summed E-state index contributed by atoms with van der Waals surface area (Å²) in [6, 6.07) is 2.22. The van der Waals surface area contributed by atoms with Crippen molar-refractivity contribution in [2.45, 2.75) is 43.9 Å². The zero-order valence-electron chi connectivity index (χ0n) is 12.6. The highest BCUT2D eigenvalue weighted by molar-refractivity contribution is 7.99. The highest BCUT2D eigenvalue weighted by Crippen LogP contribution is 2.28. The van der Waals surface area contributed by atoms with Gasteiger partial charge in [0.2, 0.25) is 0 Å². The van der Waals surface area contributed by atoms with Crippen LogP contribution in [-0.4, -0.2) is 30.0 Å². The van der Waals surface area contributed by atoms with Crippen LogP contribution >= 0.6 is 23.1 Å². The SMILES string of the molecule is CSC1CCCCC1NC(=O)c1cc(C)c(C#CCN)s1. The molecule has 21 heavy (non-hydrogen) atoms. The summed E-state index contributed by atoms with van der Waals surface area (Å²) in [5.74, 6) is 5.92. The van der Waals surface area contributed by atoms with E-state index in [2.05, 4.69) is 23.4 Å². The van der Waals surface area contributed by atoms with Gasteiger partial charge in [0.15, 0.2) is 0 Å². The van der Waals surface area contributed by atoms with Crippen LogP contribution in [0, 0.1) is 18.8 Å². The van der Waals surface area contributed by atoms with E-state index in [1.807, 2.05) is 24.8 Å². The number of carbonyl (C=O) groups excluding carboxylic acids is 1. The van der Waals surface area contributed by atoms with Crippen LogP contribution in [0.4, 0.5) is 0 Å². The quantitative estimate of drug-likeness (QED) is 0.841. The summed E-state index contributed by atoms with van der Waals surface area (Å²) < 4.78 is 0. The highest BCUT2D eigenvalue weighted by Gasteiger charge is 2.26. The number of nitrogens with one attached hydrogen (secondary N) is 1. The van der Waals surface area contributed by atoms with Gasteiger partial charge in [-0.25, -0.2) is 0 Å². The zero-order valence-corrected chi connectivity index (χ0v) is 14.2. The maximum absolute atomic E-state index is 12.4. The van der Waals surface area contributed by atoms with E-state index in [0.717, 1.165) is 21.7 Å². The van der Waals surface area contributed by atoms with Crippen LogP contribution in [0.3, 0.4) is 0 Å². The molecule has 1 heterocycles. The first-order chi connectivity index (χ1) is 10.2. The molecule has 1 aromatic rings. The van der Waals surface area contributed by atoms with Crippen molar-refractivity contribution in [1.82, 2.24) is 5.32 Å². The first-order valence-electron chi connectivity index (χ1n) is 7.28. The van der Waals surface area contributed by atoms with E-state index < -0.39 is 0 Å². The Balaban J connectivity index is 2.06. The molecule has 1 aromatic heterocycles. The molecule has 5 heteroatoms. The standard InChI is InChI=1S/C16H22N2OS2/c1-11-10-15(21-13(11)8-5-9-17)16(19)18-12-6-3-4-7-14(12)20-2/h10,12,14H,3-4,6-7,9,17H2,1-2H3,(H,18,19). The molecular weight excluding hydrogens is 300 g/mol. The topological polar surface area (TPSA) is 55.1 Å². The van der Waals surface area contributed by atoms with E-state index >= 15 is 0 Å². The van der Waals surface area contributed by atoms with E-state index in [4.69, 9.17) is 5.73 Å². The Morgan fingerprint density at radius 2 is 2.29 bits per heavy atom. The van der Waals surface area contributed by atoms with Gasteiger partial charge in [0, 0.05) is 11.3 Å². The van der Waals surface area contributed by atoms with Crippen molar-refractivity contribution in [3.8, 4) is 11.8 Å². The van der Waals surface area contributed by atoms with Gasteiger partial charge in [-0.05, 0) is 37.7 Å². The molecule has 1 saturated carbocycles. The highest BCUT2D eigenvalue weighted by atomic mass is 32.2. The molecular formula is C16H22N2OS2. The molecule has 1 amide bonds. The van der Waals surface area contributed by atoms with Gasteiger partial charge in [0.05, 0.1) is 16.3 Å². The van der Waals surface area contributed by atoms with Crippen LogP contribution in [0.25, 0.3) is 0 Å². The van der Waals surface area contributed by atoms with Crippen molar-refractivity contribution < 1.29 is 4.79 Å². The summed E-state index contributed by atoms with van der Waals surface area (Å²) in [7, 11) is 0. The Labute approximate surface area is 135 Å². The second-order valence-corrected chi connectivity index (χ2v) is 7.40. The summed E-state index contributed by atoms with van der Waals surface area (Å²) in [6.07, 6.45) is 6.89. The van der Waals surface area contributed by atoms with Crippen molar-refractivity contribution in [3.05, 3.63) is 21.4 Å². The number of thiophene rings is 1. The van der Waals surface area contributed by atoms with Gasteiger partial charge in [0.1, 0.15) is 0 Å². The fraction of sp³-hybridized carbons (Fsp3) is 0.562. The molecule has 0 spiro atoms. The molecule has 1 aliphatic rings. The summed E-state index contributed by atoms with van der Waals surface area (Å²) >= 11 is 3.32. The van der Waals surface area contributed by atoms with Crippen LogP contribution in [0.15, 0.2) is 6.07 Å². The molecule has 114 valence electrons. The molecule has 2 unspecified atom stereocenters. The summed E-state index contributed by atoms with van der Waals surface area (Å²) in [5, 5.41) is 3.75. The Morgan fingerprint density at radius 1 is 1.52 bits per heavy atom. The average Bonchev–Trinajstić information content (AvgIpc) is 2.87. The summed E-state index contributed by atoms with van der Waals surface area (Å²) in [4.78, 5) is 14.1. The number of hydrogen-bond acceptors (Lipinski definition) is 4. The number of carbonyl (C=O) groups is 1. The lowest BCUT2D eigenvalue weighted by atomic mass is 9.95. The van der Waals surface area contributed by atoms with E-state index in [-0.39, 0.29) is 5.91 Å². The predicted molar refractivity (Wildman–Crippen MR) is 92.0 cm³/mol. The molecule has 2 rings (SSSR count). The number of amides is 1. The van der Waals surface area contributed by atoms with Crippen LogP contribution in [0.5, 0.6) is 0 Å². The third kappa shape index (κ3) is 4.26. The Hall–Kier alpha value is -0.960. The van der Waals surface area contributed by atoms with Gasteiger partial charge >= 0.3 is 0 Å². The molecule has 0 aliphatic heterocycles. The molecule has 0 aromatic carbocycles. The van der Waals surface area contributed by atoms with Gasteiger partial charge in [-0.2, -0.15) is 11.8 Å². The molecule has 1 fully saturated rings. The zero-order chi connectivity index (χ0) is 15.2. The van der Waals surface area contributed by atoms with Gasteiger partial charge in [-0.3, -0.25) is 4.79 Å². The van der Waals surface area contributed by atoms with Crippen LogP contribution in [0.1, 0.15) is 45.8 Å². The lowest BCUT2D eigenvalue weighted by molar-refractivity contribution is 0.0933. The third-order valence-electron chi connectivity index (χ3n) is 3.77. The predicted octanol–water partition coefficient (Wildman–Crippen LogP) is 2.77. The first-order valence-corrected chi connectivity index (χ1v) is 9.39. The molecule has 3 N–H and O–H groups in total. The fourth-order valence-electron chi connectivity index (χ4n) is 2.63. The number of aryl methyl sites for hydroxylation is 1. The van der Waals surface area contributed by atoms with Crippen LogP contribution < -0.4 is 11.1 Å². The molecule has 3 nitrogen and oxygen atoms in total. The van der Waals surface area contributed by atoms with Gasteiger partial charge < -0.3 is 11.1 Å². The second-order valence-electron chi connectivity index (χ2n) is 5.27. The largest absolute Gasteiger partial charge is 0.347 e. The van der Waals surface area contributed by atoms with Gasteiger partial charge in [-0.1, -0.05) is 24.7 Å². The van der Waals surface area contributed by atoms with Crippen molar-refractivity contribution in [1.29, 1.82) is 0 Å².